The fraction of sp³-hybridized carbons (Fsp3) is 0.227. The van der Waals surface area contributed by atoms with Gasteiger partial charge < -0.3 is 10.3 Å². The van der Waals surface area contributed by atoms with Crippen LogP contribution in [0.25, 0.3) is 22.3 Å². The van der Waals surface area contributed by atoms with Crippen molar-refractivity contribution in [3.63, 3.8) is 0 Å². The number of nitrogens with zero attached hydrogens (tertiary/aromatic N) is 3. The molecule has 4 rings (SSSR count). The van der Waals surface area contributed by atoms with Gasteiger partial charge in [-0.2, -0.15) is 0 Å². The summed E-state index contributed by atoms with van der Waals surface area (Å²) in [4.78, 5) is 7.66. The van der Waals surface area contributed by atoms with Gasteiger partial charge in [0.05, 0.1) is 16.7 Å². The molecule has 0 aliphatic heterocycles. The molecule has 0 aliphatic rings. The molecular weight excluding hydrogens is 353 g/mol. The molecule has 0 unspecified atom stereocenters. The van der Waals surface area contributed by atoms with Crippen molar-refractivity contribution in [2.75, 3.05) is 11.9 Å². The lowest BCUT2D eigenvalue weighted by molar-refractivity contribution is 0.552. The predicted octanol–water partition coefficient (Wildman–Crippen LogP) is 4.86. The van der Waals surface area contributed by atoms with Crippen molar-refractivity contribution in [1.29, 1.82) is 0 Å². The van der Waals surface area contributed by atoms with E-state index in [1.54, 1.807) is 0 Å². The Hall–Kier alpha value is -3.28. The highest BCUT2D eigenvalue weighted by Crippen LogP contribution is 2.25. The highest BCUT2D eigenvalue weighted by Gasteiger charge is 2.20. The molecule has 2 aromatic carbocycles. The molecule has 6 heteroatoms. The number of fused-ring (bicyclic) bond motifs is 1. The minimum absolute atomic E-state index is 0.169. The van der Waals surface area contributed by atoms with Crippen LogP contribution in [0.4, 0.5) is 10.2 Å². The molecule has 2 heterocycles. The van der Waals surface area contributed by atoms with E-state index in [4.69, 9.17) is 0 Å². The van der Waals surface area contributed by atoms with Crippen molar-refractivity contribution in [2.45, 2.75) is 26.2 Å². The fourth-order valence-corrected chi connectivity index (χ4v) is 3.19. The van der Waals surface area contributed by atoms with Gasteiger partial charge in [0, 0.05) is 17.5 Å². The maximum atomic E-state index is 13.2. The molecule has 0 aliphatic carbocycles. The molecule has 28 heavy (non-hydrogen) atoms. The number of nitrogens with one attached hydrogen (secondary N) is 2. The second-order valence-corrected chi connectivity index (χ2v) is 7.60. The molecule has 0 saturated carbocycles. The smallest absolute Gasteiger partial charge is 0.148 e. The zero-order valence-electron chi connectivity index (χ0n) is 16.1. The quantitative estimate of drug-likeness (QED) is 0.523. The van der Waals surface area contributed by atoms with Gasteiger partial charge >= 0.3 is 0 Å². The molecule has 0 amide bonds. The first-order valence-electron chi connectivity index (χ1n) is 9.21. The summed E-state index contributed by atoms with van der Waals surface area (Å²) in [7, 11) is 0. The Morgan fingerprint density at radius 2 is 1.79 bits per heavy atom. The van der Waals surface area contributed by atoms with Gasteiger partial charge in [-0.25, -0.2) is 9.37 Å². The third kappa shape index (κ3) is 3.71. The summed E-state index contributed by atoms with van der Waals surface area (Å²) in [5.74, 6) is 1.37. The van der Waals surface area contributed by atoms with Gasteiger partial charge in [-0.3, -0.25) is 0 Å². The number of aryl methyl sites for hydroxylation is 1. The van der Waals surface area contributed by atoms with Crippen molar-refractivity contribution >= 4 is 16.9 Å². The first-order valence-corrected chi connectivity index (χ1v) is 9.21. The number of hydrogen-bond donors (Lipinski definition) is 2. The number of benzene rings is 2. The van der Waals surface area contributed by atoms with Crippen LogP contribution >= 0.6 is 0 Å². The summed E-state index contributed by atoms with van der Waals surface area (Å²) in [5.41, 5.74) is 4.61. The first kappa shape index (κ1) is 18.1. The maximum Gasteiger partial charge on any atom is 0.148 e. The number of aromatic nitrogens is 4. The fourth-order valence-electron chi connectivity index (χ4n) is 3.19. The summed E-state index contributed by atoms with van der Waals surface area (Å²) in [5, 5.41) is 12.0. The van der Waals surface area contributed by atoms with Crippen molar-refractivity contribution in [3.05, 3.63) is 71.8 Å². The summed E-state index contributed by atoms with van der Waals surface area (Å²) < 4.78 is 13.2. The number of anilines is 1. The van der Waals surface area contributed by atoms with E-state index in [2.05, 4.69) is 39.3 Å². The number of hydrogen-bond acceptors (Lipinski definition) is 4. The van der Waals surface area contributed by atoms with E-state index in [0.29, 0.717) is 12.4 Å². The SMILES string of the molecule is Cc1nc2ccc(-c3ccc(NCC(C)(C)c4ccc(F)cc4)nn3)cc2[nH]1. The molecule has 142 valence electrons. The van der Waals surface area contributed by atoms with Gasteiger partial charge in [-0.15, -0.1) is 10.2 Å². The monoisotopic (exact) mass is 375 g/mol. The molecule has 2 N–H and O–H groups in total. The van der Waals surface area contributed by atoms with E-state index in [0.717, 1.165) is 33.7 Å². The van der Waals surface area contributed by atoms with Crippen LogP contribution in [-0.4, -0.2) is 26.7 Å². The van der Waals surface area contributed by atoms with E-state index in [-0.39, 0.29) is 11.2 Å². The second kappa shape index (κ2) is 7.03. The van der Waals surface area contributed by atoms with Crippen LogP contribution in [0.15, 0.2) is 54.6 Å². The number of imidazole rings is 1. The van der Waals surface area contributed by atoms with Crippen LogP contribution in [0, 0.1) is 12.7 Å². The first-order chi connectivity index (χ1) is 13.4. The molecule has 4 aromatic rings. The van der Waals surface area contributed by atoms with Crippen LogP contribution in [0.2, 0.25) is 0 Å². The topological polar surface area (TPSA) is 66.5 Å². The molecular formula is C22H22FN5. The number of aromatic amines is 1. The van der Waals surface area contributed by atoms with Gasteiger partial charge in [0.1, 0.15) is 17.5 Å². The summed E-state index contributed by atoms with van der Waals surface area (Å²) >= 11 is 0. The Balaban J connectivity index is 1.47. The number of H-pyrrole nitrogens is 1. The summed E-state index contributed by atoms with van der Waals surface area (Å²) in [6.45, 7) is 6.81. The lowest BCUT2D eigenvalue weighted by Gasteiger charge is -2.25. The van der Waals surface area contributed by atoms with E-state index in [1.165, 1.54) is 12.1 Å². The standard InChI is InChI=1S/C22H22FN5/c1-14-25-19-9-4-15(12-20(19)26-14)18-10-11-21(28-27-18)24-13-22(2,3)16-5-7-17(23)8-6-16/h4-12H,13H2,1-3H3,(H,24,28)(H,25,26). The molecule has 0 fully saturated rings. The zero-order chi connectivity index (χ0) is 19.7. The summed E-state index contributed by atoms with van der Waals surface area (Å²) in [6.07, 6.45) is 0. The van der Waals surface area contributed by atoms with Crippen molar-refractivity contribution in [2.24, 2.45) is 0 Å². The van der Waals surface area contributed by atoms with Crippen LogP contribution in [-0.2, 0) is 5.41 Å². The Bertz CT molecular complexity index is 1100. The summed E-state index contributed by atoms with van der Waals surface area (Å²) in [6, 6.07) is 16.5. The molecule has 0 spiro atoms. The normalized spacial score (nSPS) is 11.7. The average molecular weight is 375 g/mol. The molecule has 0 saturated heterocycles. The van der Waals surface area contributed by atoms with Gasteiger partial charge in [-0.05, 0) is 48.9 Å². The Labute approximate surface area is 163 Å². The average Bonchev–Trinajstić information content (AvgIpc) is 3.06. The van der Waals surface area contributed by atoms with Gasteiger partial charge in [0.25, 0.3) is 0 Å². The molecule has 2 aromatic heterocycles. The largest absolute Gasteiger partial charge is 0.368 e. The second-order valence-electron chi connectivity index (χ2n) is 7.60. The molecule has 0 atom stereocenters. The Morgan fingerprint density at radius 1 is 1.00 bits per heavy atom. The van der Waals surface area contributed by atoms with Crippen LogP contribution in [0.1, 0.15) is 25.2 Å². The maximum absolute atomic E-state index is 13.2. The molecule has 5 nitrogen and oxygen atoms in total. The number of halogens is 1. The van der Waals surface area contributed by atoms with Gasteiger partial charge in [0.2, 0.25) is 0 Å². The molecule has 0 bridgehead atoms. The van der Waals surface area contributed by atoms with E-state index in [1.807, 2.05) is 49.4 Å². The lowest BCUT2D eigenvalue weighted by Crippen LogP contribution is -2.28. The van der Waals surface area contributed by atoms with Gasteiger partial charge in [-0.1, -0.05) is 32.0 Å². The van der Waals surface area contributed by atoms with Crippen molar-refractivity contribution in [1.82, 2.24) is 20.2 Å². The van der Waals surface area contributed by atoms with E-state index >= 15 is 0 Å². The third-order valence-electron chi connectivity index (χ3n) is 4.90. The van der Waals surface area contributed by atoms with Crippen LogP contribution < -0.4 is 5.32 Å². The minimum Gasteiger partial charge on any atom is -0.368 e. The molecule has 0 radical (unpaired) electrons. The Kier molecular flexibility index (Phi) is 4.55. The number of rotatable bonds is 5. The highest BCUT2D eigenvalue weighted by molar-refractivity contribution is 5.81. The van der Waals surface area contributed by atoms with Crippen molar-refractivity contribution in [3.8, 4) is 11.3 Å². The lowest BCUT2D eigenvalue weighted by atomic mass is 9.84. The van der Waals surface area contributed by atoms with Crippen LogP contribution in [0.5, 0.6) is 0 Å². The minimum atomic E-state index is -0.225. The van der Waals surface area contributed by atoms with Crippen LogP contribution in [0.3, 0.4) is 0 Å². The van der Waals surface area contributed by atoms with E-state index < -0.39 is 0 Å². The highest BCUT2D eigenvalue weighted by atomic mass is 19.1. The third-order valence-corrected chi connectivity index (χ3v) is 4.90. The van der Waals surface area contributed by atoms with Crippen molar-refractivity contribution < 1.29 is 4.39 Å². The van der Waals surface area contributed by atoms with Gasteiger partial charge in [0.15, 0.2) is 0 Å². The Morgan fingerprint density at radius 3 is 2.50 bits per heavy atom. The van der Waals surface area contributed by atoms with E-state index in [9.17, 15) is 4.39 Å². The zero-order valence-corrected chi connectivity index (χ0v) is 16.1. The predicted molar refractivity (Wildman–Crippen MR) is 110 cm³/mol.